The molecule has 0 heterocycles. The molecule has 0 radical (unpaired) electrons. The zero-order valence-corrected chi connectivity index (χ0v) is 23.9. The predicted octanol–water partition coefficient (Wildman–Crippen LogP) is 10.4. The number of halogens is 1. The number of benzene rings is 3. The highest BCUT2D eigenvalue weighted by Crippen LogP contribution is 2.25. The first-order valence-electron chi connectivity index (χ1n) is 14.9. The maximum atomic E-state index is 14.5. The Balaban J connectivity index is 1.44. The van der Waals surface area contributed by atoms with Crippen LogP contribution in [-0.4, -0.2) is 12.6 Å². The number of esters is 1. The fourth-order valence-corrected chi connectivity index (χ4v) is 4.66. The zero-order chi connectivity index (χ0) is 27.7. The van der Waals surface area contributed by atoms with Crippen molar-refractivity contribution in [3.8, 4) is 22.6 Å². The molecule has 0 aliphatic rings. The van der Waals surface area contributed by atoms with Crippen LogP contribution in [0.1, 0.15) is 107 Å². The molecule has 0 atom stereocenters. The Morgan fingerprint density at radius 2 is 1.23 bits per heavy atom. The first kappa shape index (κ1) is 30.4. The summed E-state index contributed by atoms with van der Waals surface area (Å²) in [4.78, 5) is 12.6. The van der Waals surface area contributed by atoms with E-state index in [4.69, 9.17) is 9.47 Å². The molecule has 0 aromatic heterocycles. The van der Waals surface area contributed by atoms with E-state index in [0.29, 0.717) is 12.4 Å². The molecule has 4 heteroatoms. The van der Waals surface area contributed by atoms with Gasteiger partial charge in [0.2, 0.25) is 0 Å². The summed E-state index contributed by atoms with van der Waals surface area (Å²) in [5.41, 5.74) is 3.70. The molecule has 0 spiro atoms. The van der Waals surface area contributed by atoms with E-state index >= 15 is 0 Å². The Morgan fingerprint density at radius 1 is 0.667 bits per heavy atom. The van der Waals surface area contributed by atoms with Crippen LogP contribution in [0.4, 0.5) is 4.39 Å². The van der Waals surface area contributed by atoms with Crippen molar-refractivity contribution >= 4 is 5.97 Å². The molecule has 0 saturated heterocycles. The zero-order valence-electron chi connectivity index (χ0n) is 23.9. The monoisotopic (exact) mass is 532 g/mol. The smallest absolute Gasteiger partial charge is 0.343 e. The SMILES string of the molecule is CCCCCCCCCc1ccc(-c2ccc(OC(=O)c3ccc(OCCCCCCC)c(F)c3)cc2)cc1. The van der Waals surface area contributed by atoms with Crippen molar-refractivity contribution in [1.82, 2.24) is 0 Å². The molecule has 0 N–H and O–H groups in total. The molecule has 0 saturated carbocycles. The van der Waals surface area contributed by atoms with E-state index in [1.807, 2.05) is 12.1 Å². The number of aryl methyl sites for hydroxylation is 1. The number of hydrogen-bond acceptors (Lipinski definition) is 3. The van der Waals surface area contributed by atoms with Gasteiger partial charge in [-0.3, -0.25) is 0 Å². The van der Waals surface area contributed by atoms with Crippen LogP contribution < -0.4 is 9.47 Å². The summed E-state index contributed by atoms with van der Waals surface area (Å²) in [5, 5.41) is 0. The standard InChI is InChI=1S/C35H45FO3/c1-3-5-7-9-10-11-13-15-28-16-18-29(19-17-28)30-20-23-32(24-21-30)39-35(37)31-22-25-34(33(36)27-31)38-26-14-12-8-6-4-2/h16-25,27H,3-15,26H2,1-2H3. The van der Waals surface area contributed by atoms with Crippen molar-refractivity contribution in [2.24, 2.45) is 0 Å². The Hall–Kier alpha value is -3.14. The van der Waals surface area contributed by atoms with Crippen LogP contribution in [0.3, 0.4) is 0 Å². The van der Waals surface area contributed by atoms with Gasteiger partial charge in [-0.1, -0.05) is 114 Å². The maximum absolute atomic E-state index is 14.5. The number of hydrogen-bond donors (Lipinski definition) is 0. The molecule has 0 fully saturated rings. The van der Waals surface area contributed by atoms with Crippen molar-refractivity contribution in [2.45, 2.75) is 97.3 Å². The topological polar surface area (TPSA) is 35.5 Å². The molecule has 210 valence electrons. The summed E-state index contributed by atoms with van der Waals surface area (Å²) >= 11 is 0. The van der Waals surface area contributed by atoms with Crippen LogP contribution in [0.5, 0.6) is 11.5 Å². The second-order valence-corrected chi connectivity index (χ2v) is 10.4. The van der Waals surface area contributed by atoms with Gasteiger partial charge >= 0.3 is 5.97 Å². The van der Waals surface area contributed by atoms with Crippen molar-refractivity contribution in [3.63, 3.8) is 0 Å². The lowest BCUT2D eigenvalue weighted by molar-refractivity contribution is 0.0734. The first-order valence-corrected chi connectivity index (χ1v) is 14.9. The largest absolute Gasteiger partial charge is 0.491 e. The molecule has 0 bridgehead atoms. The fourth-order valence-electron chi connectivity index (χ4n) is 4.66. The number of unbranched alkanes of at least 4 members (excludes halogenated alkanes) is 10. The van der Waals surface area contributed by atoms with E-state index in [9.17, 15) is 9.18 Å². The van der Waals surface area contributed by atoms with Crippen LogP contribution in [0, 0.1) is 5.82 Å². The lowest BCUT2D eigenvalue weighted by atomic mass is 10.0. The molecule has 3 aromatic carbocycles. The van der Waals surface area contributed by atoms with E-state index in [0.717, 1.165) is 30.4 Å². The summed E-state index contributed by atoms with van der Waals surface area (Å²) in [5.74, 6) is -0.557. The summed E-state index contributed by atoms with van der Waals surface area (Å²) in [6, 6.07) is 20.3. The molecule has 0 unspecified atom stereocenters. The van der Waals surface area contributed by atoms with Crippen molar-refractivity contribution < 1.29 is 18.7 Å². The van der Waals surface area contributed by atoms with Crippen molar-refractivity contribution in [3.05, 3.63) is 83.7 Å². The van der Waals surface area contributed by atoms with Gasteiger partial charge in [0, 0.05) is 0 Å². The Bertz CT molecular complexity index is 1110. The summed E-state index contributed by atoms with van der Waals surface area (Å²) in [7, 11) is 0. The quantitative estimate of drug-likeness (QED) is 0.0928. The highest BCUT2D eigenvalue weighted by Gasteiger charge is 2.13. The molecular weight excluding hydrogens is 487 g/mol. The number of carbonyl (C=O) groups is 1. The Morgan fingerprint density at radius 3 is 1.85 bits per heavy atom. The van der Waals surface area contributed by atoms with E-state index < -0.39 is 11.8 Å². The van der Waals surface area contributed by atoms with E-state index in [1.165, 1.54) is 81.9 Å². The molecule has 0 aliphatic heterocycles. The number of carbonyl (C=O) groups excluding carboxylic acids is 1. The molecule has 0 aliphatic carbocycles. The van der Waals surface area contributed by atoms with Crippen LogP contribution >= 0.6 is 0 Å². The molecule has 0 amide bonds. The normalized spacial score (nSPS) is 10.9. The van der Waals surface area contributed by atoms with Gasteiger partial charge in [0.15, 0.2) is 11.6 Å². The lowest BCUT2D eigenvalue weighted by Gasteiger charge is -2.09. The minimum Gasteiger partial charge on any atom is -0.491 e. The summed E-state index contributed by atoms with van der Waals surface area (Å²) < 4.78 is 25.5. The number of rotatable bonds is 18. The maximum Gasteiger partial charge on any atom is 0.343 e. The van der Waals surface area contributed by atoms with Gasteiger partial charge < -0.3 is 9.47 Å². The molecule has 39 heavy (non-hydrogen) atoms. The highest BCUT2D eigenvalue weighted by molar-refractivity contribution is 5.91. The minimum atomic E-state index is -0.595. The van der Waals surface area contributed by atoms with Gasteiger partial charge in [-0.05, 0) is 66.3 Å². The van der Waals surface area contributed by atoms with Gasteiger partial charge in [0.1, 0.15) is 5.75 Å². The lowest BCUT2D eigenvalue weighted by Crippen LogP contribution is -2.09. The third kappa shape index (κ3) is 10.9. The predicted molar refractivity (Wildman–Crippen MR) is 159 cm³/mol. The van der Waals surface area contributed by atoms with Crippen LogP contribution in [0.25, 0.3) is 11.1 Å². The van der Waals surface area contributed by atoms with Gasteiger partial charge in [0.25, 0.3) is 0 Å². The fraction of sp³-hybridized carbons (Fsp3) is 0.457. The van der Waals surface area contributed by atoms with Gasteiger partial charge in [-0.2, -0.15) is 0 Å². The third-order valence-corrected chi connectivity index (χ3v) is 7.09. The summed E-state index contributed by atoms with van der Waals surface area (Å²) in [6.07, 6.45) is 15.9. The minimum absolute atomic E-state index is 0.156. The van der Waals surface area contributed by atoms with Crippen molar-refractivity contribution in [1.29, 1.82) is 0 Å². The molecular formula is C35H45FO3. The first-order chi connectivity index (χ1) is 19.1. The summed E-state index contributed by atoms with van der Waals surface area (Å²) in [6.45, 7) is 4.90. The molecule has 3 aromatic rings. The van der Waals surface area contributed by atoms with Gasteiger partial charge in [-0.25, -0.2) is 9.18 Å². The number of ether oxygens (including phenoxy) is 2. The van der Waals surface area contributed by atoms with E-state index in [-0.39, 0.29) is 11.3 Å². The average molecular weight is 533 g/mol. The Labute approximate surface area is 234 Å². The van der Waals surface area contributed by atoms with Gasteiger partial charge in [0.05, 0.1) is 12.2 Å². The van der Waals surface area contributed by atoms with E-state index in [2.05, 4.69) is 38.1 Å². The molecule has 3 nitrogen and oxygen atoms in total. The second kappa shape index (κ2) is 17.4. The molecule has 3 rings (SSSR count). The third-order valence-electron chi connectivity index (χ3n) is 7.09. The van der Waals surface area contributed by atoms with Gasteiger partial charge in [-0.15, -0.1) is 0 Å². The Kier molecular flexibility index (Phi) is 13.6. The average Bonchev–Trinajstić information content (AvgIpc) is 2.96. The highest BCUT2D eigenvalue weighted by atomic mass is 19.1. The van der Waals surface area contributed by atoms with Crippen LogP contribution in [-0.2, 0) is 6.42 Å². The van der Waals surface area contributed by atoms with Crippen LogP contribution in [0.15, 0.2) is 66.7 Å². The second-order valence-electron chi connectivity index (χ2n) is 10.4. The van der Waals surface area contributed by atoms with Crippen LogP contribution in [0.2, 0.25) is 0 Å². The van der Waals surface area contributed by atoms with Crippen molar-refractivity contribution in [2.75, 3.05) is 6.61 Å². The van der Waals surface area contributed by atoms with E-state index in [1.54, 1.807) is 18.2 Å².